The summed E-state index contributed by atoms with van der Waals surface area (Å²) in [5.41, 5.74) is 2.38. The topological polar surface area (TPSA) is 73.2 Å². The molecule has 21 heavy (non-hydrogen) atoms. The SMILES string of the molecule is Cc1cc(C)n(C(=O)CNC(=O)OCc2ccccc2)n1. The Morgan fingerprint density at radius 3 is 2.57 bits per heavy atom. The number of aromatic nitrogens is 2. The van der Waals surface area contributed by atoms with Gasteiger partial charge < -0.3 is 10.1 Å². The quantitative estimate of drug-likeness (QED) is 0.934. The number of nitrogens with zero attached hydrogens (tertiary/aromatic N) is 2. The van der Waals surface area contributed by atoms with Gasteiger partial charge in [-0.25, -0.2) is 9.48 Å². The van der Waals surface area contributed by atoms with Crippen LogP contribution in [0.5, 0.6) is 0 Å². The van der Waals surface area contributed by atoms with Crippen molar-refractivity contribution in [3.8, 4) is 0 Å². The molecule has 0 saturated heterocycles. The molecule has 2 aromatic rings. The van der Waals surface area contributed by atoms with Crippen LogP contribution in [0.25, 0.3) is 0 Å². The highest BCUT2D eigenvalue weighted by Gasteiger charge is 2.12. The van der Waals surface area contributed by atoms with Crippen molar-refractivity contribution in [1.29, 1.82) is 0 Å². The fourth-order valence-corrected chi connectivity index (χ4v) is 1.88. The first-order chi connectivity index (χ1) is 10.1. The van der Waals surface area contributed by atoms with Crippen molar-refractivity contribution in [2.24, 2.45) is 0 Å². The van der Waals surface area contributed by atoms with E-state index in [2.05, 4.69) is 10.4 Å². The van der Waals surface area contributed by atoms with Gasteiger partial charge >= 0.3 is 6.09 Å². The second-order valence-corrected chi connectivity index (χ2v) is 4.65. The van der Waals surface area contributed by atoms with E-state index in [9.17, 15) is 9.59 Å². The fourth-order valence-electron chi connectivity index (χ4n) is 1.88. The van der Waals surface area contributed by atoms with Crippen LogP contribution in [-0.2, 0) is 11.3 Å². The van der Waals surface area contributed by atoms with E-state index in [1.807, 2.05) is 30.3 Å². The molecule has 2 rings (SSSR count). The molecule has 0 saturated carbocycles. The van der Waals surface area contributed by atoms with Crippen LogP contribution in [0.3, 0.4) is 0 Å². The van der Waals surface area contributed by atoms with Crippen LogP contribution in [-0.4, -0.2) is 28.3 Å². The van der Waals surface area contributed by atoms with Crippen LogP contribution in [0.4, 0.5) is 4.79 Å². The van der Waals surface area contributed by atoms with Gasteiger partial charge in [0.1, 0.15) is 13.2 Å². The summed E-state index contributed by atoms with van der Waals surface area (Å²) in [6.07, 6.45) is -0.631. The summed E-state index contributed by atoms with van der Waals surface area (Å²) in [6, 6.07) is 11.1. The summed E-state index contributed by atoms with van der Waals surface area (Å²) >= 11 is 0. The lowest BCUT2D eigenvalue weighted by atomic mass is 10.2. The molecule has 6 nitrogen and oxygen atoms in total. The number of aryl methyl sites for hydroxylation is 2. The van der Waals surface area contributed by atoms with Gasteiger partial charge in [-0.1, -0.05) is 30.3 Å². The summed E-state index contributed by atoms with van der Waals surface area (Å²) in [7, 11) is 0. The molecule has 110 valence electrons. The molecule has 1 aromatic heterocycles. The van der Waals surface area contributed by atoms with Crippen LogP contribution >= 0.6 is 0 Å². The van der Waals surface area contributed by atoms with Crippen LogP contribution in [0, 0.1) is 13.8 Å². The molecule has 6 heteroatoms. The van der Waals surface area contributed by atoms with Gasteiger partial charge in [0.15, 0.2) is 0 Å². The van der Waals surface area contributed by atoms with E-state index >= 15 is 0 Å². The minimum atomic E-state index is -0.631. The van der Waals surface area contributed by atoms with Crippen LogP contribution in [0.15, 0.2) is 36.4 Å². The third kappa shape index (κ3) is 4.17. The highest BCUT2D eigenvalue weighted by molar-refractivity contribution is 5.84. The smallest absolute Gasteiger partial charge is 0.407 e. The minimum absolute atomic E-state index is 0.157. The Kier molecular flexibility index (Phi) is 4.71. The van der Waals surface area contributed by atoms with E-state index in [4.69, 9.17) is 4.74 Å². The predicted octanol–water partition coefficient (Wildman–Crippen LogP) is 2.07. The summed E-state index contributed by atoms with van der Waals surface area (Å²) < 4.78 is 6.29. The van der Waals surface area contributed by atoms with Crippen LogP contribution in [0.1, 0.15) is 21.7 Å². The zero-order chi connectivity index (χ0) is 15.2. The minimum Gasteiger partial charge on any atom is -0.445 e. The second kappa shape index (κ2) is 6.69. The molecular formula is C15H17N3O3. The van der Waals surface area contributed by atoms with Crippen molar-refractivity contribution >= 4 is 12.0 Å². The normalized spacial score (nSPS) is 10.2. The standard InChI is InChI=1S/C15H17N3O3/c1-11-8-12(2)18(17-11)14(19)9-16-15(20)21-10-13-6-4-3-5-7-13/h3-8H,9-10H2,1-2H3,(H,16,20). The van der Waals surface area contributed by atoms with Gasteiger partial charge in [0.2, 0.25) is 0 Å². The molecule has 0 spiro atoms. The van der Waals surface area contributed by atoms with Gasteiger partial charge in [0.05, 0.1) is 5.69 Å². The number of ether oxygens (including phenoxy) is 1. The van der Waals surface area contributed by atoms with Gasteiger partial charge in [-0.3, -0.25) is 4.79 Å². The Morgan fingerprint density at radius 1 is 1.24 bits per heavy atom. The molecule has 1 N–H and O–H groups in total. The fraction of sp³-hybridized carbons (Fsp3) is 0.267. The van der Waals surface area contributed by atoms with E-state index in [0.717, 1.165) is 17.0 Å². The number of benzene rings is 1. The number of amides is 1. The number of hydrogen-bond donors (Lipinski definition) is 1. The first kappa shape index (κ1) is 14.8. The predicted molar refractivity (Wildman–Crippen MR) is 77.0 cm³/mol. The van der Waals surface area contributed by atoms with Gasteiger partial charge in [0.25, 0.3) is 5.91 Å². The van der Waals surface area contributed by atoms with Gasteiger partial charge in [-0.15, -0.1) is 0 Å². The number of alkyl carbamates (subject to hydrolysis) is 1. The van der Waals surface area contributed by atoms with Crippen molar-refractivity contribution in [3.63, 3.8) is 0 Å². The van der Waals surface area contributed by atoms with E-state index in [-0.39, 0.29) is 19.1 Å². The molecule has 1 amide bonds. The average Bonchev–Trinajstić information content (AvgIpc) is 2.82. The maximum absolute atomic E-state index is 11.9. The average molecular weight is 287 g/mol. The summed E-state index contributed by atoms with van der Waals surface area (Å²) in [5, 5.41) is 6.47. The Morgan fingerprint density at radius 2 is 1.95 bits per heavy atom. The van der Waals surface area contributed by atoms with Crippen LogP contribution < -0.4 is 5.32 Å². The lowest BCUT2D eigenvalue weighted by molar-refractivity contribution is 0.0879. The highest BCUT2D eigenvalue weighted by Crippen LogP contribution is 2.02. The number of carbonyl (C=O) groups is 2. The molecule has 0 aliphatic heterocycles. The molecule has 0 aliphatic carbocycles. The Balaban J connectivity index is 1.79. The molecule has 0 aliphatic rings. The molecule has 0 fully saturated rings. The third-order valence-corrected chi connectivity index (χ3v) is 2.84. The zero-order valence-corrected chi connectivity index (χ0v) is 12.0. The molecule has 0 bridgehead atoms. The van der Waals surface area contributed by atoms with Gasteiger partial charge in [-0.2, -0.15) is 5.10 Å². The molecule has 1 heterocycles. The number of rotatable bonds is 4. The third-order valence-electron chi connectivity index (χ3n) is 2.84. The highest BCUT2D eigenvalue weighted by atomic mass is 16.5. The molecule has 0 unspecified atom stereocenters. The maximum atomic E-state index is 11.9. The molecule has 0 radical (unpaired) electrons. The first-order valence-corrected chi connectivity index (χ1v) is 6.57. The number of nitrogens with one attached hydrogen (secondary N) is 1. The van der Waals surface area contributed by atoms with E-state index in [1.54, 1.807) is 19.9 Å². The zero-order valence-electron chi connectivity index (χ0n) is 12.0. The molecular weight excluding hydrogens is 270 g/mol. The Labute approximate surface area is 122 Å². The van der Waals surface area contributed by atoms with E-state index < -0.39 is 6.09 Å². The number of carbonyl (C=O) groups excluding carboxylic acids is 2. The van der Waals surface area contributed by atoms with Crippen molar-refractivity contribution in [2.75, 3.05) is 6.54 Å². The maximum Gasteiger partial charge on any atom is 0.407 e. The number of hydrogen-bond acceptors (Lipinski definition) is 4. The van der Waals surface area contributed by atoms with Crippen molar-refractivity contribution in [3.05, 3.63) is 53.3 Å². The van der Waals surface area contributed by atoms with Crippen molar-refractivity contribution in [1.82, 2.24) is 15.1 Å². The molecule has 1 aromatic carbocycles. The van der Waals surface area contributed by atoms with Crippen LogP contribution in [0.2, 0.25) is 0 Å². The lowest BCUT2D eigenvalue weighted by Crippen LogP contribution is -2.33. The Bertz CT molecular complexity index is 635. The van der Waals surface area contributed by atoms with E-state index in [1.165, 1.54) is 4.68 Å². The molecule has 0 atom stereocenters. The van der Waals surface area contributed by atoms with E-state index in [0.29, 0.717) is 0 Å². The van der Waals surface area contributed by atoms with Gasteiger partial charge in [0, 0.05) is 5.69 Å². The van der Waals surface area contributed by atoms with Crippen molar-refractivity contribution in [2.45, 2.75) is 20.5 Å². The largest absolute Gasteiger partial charge is 0.445 e. The first-order valence-electron chi connectivity index (χ1n) is 6.57. The van der Waals surface area contributed by atoms with Gasteiger partial charge in [-0.05, 0) is 25.5 Å². The monoisotopic (exact) mass is 287 g/mol. The lowest BCUT2D eigenvalue weighted by Gasteiger charge is -2.07. The summed E-state index contributed by atoms with van der Waals surface area (Å²) in [5.74, 6) is -0.308. The summed E-state index contributed by atoms with van der Waals surface area (Å²) in [4.78, 5) is 23.4. The summed E-state index contributed by atoms with van der Waals surface area (Å²) in [6.45, 7) is 3.60. The Hall–Kier alpha value is -2.63. The van der Waals surface area contributed by atoms with Crippen molar-refractivity contribution < 1.29 is 14.3 Å². The second-order valence-electron chi connectivity index (χ2n) is 4.65.